The first kappa shape index (κ1) is 16.0. The van der Waals surface area contributed by atoms with Crippen molar-refractivity contribution in [2.75, 3.05) is 0 Å². The Hall–Kier alpha value is -0.920. The molecule has 0 spiro atoms. The maximum absolute atomic E-state index is 11.1. The highest BCUT2D eigenvalue weighted by atomic mass is 35.5. The summed E-state index contributed by atoms with van der Waals surface area (Å²) in [6.45, 7) is 0.177. The molecule has 3 N–H and O–H groups in total. The van der Waals surface area contributed by atoms with Gasteiger partial charge in [0.05, 0.1) is 16.5 Å². The van der Waals surface area contributed by atoms with E-state index >= 15 is 0 Å². The Bertz CT molecular complexity index is 613. The molecule has 8 heteroatoms. The van der Waals surface area contributed by atoms with Gasteiger partial charge in [0.2, 0.25) is 0 Å². The van der Waals surface area contributed by atoms with Crippen LogP contribution in [0.3, 0.4) is 0 Å². The van der Waals surface area contributed by atoms with Crippen LogP contribution in [0.1, 0.15) is 19.3 Å². The normalized spacial score (nSPS) is 29.5. The number of aliphatic hydroxyl groups is 3. The lowest BCUT2D eigenvalue weighted by molar-refractivity contribution is 0.00715. The van der Waals surface area contributed by atoms with Crippen LogP contribution in [0, 0.1) is 0 Å². The molecule has 2 aliphatic rings. The zero-order valence-corrected chi connectivity index (χ0v) is 13.2. The zero-order chi connectivity index (χ0) is 16.0. The van der Waals surface area contributed by atoms with Gasteiger partial charge < -0.3 is 15.3 Å². The molecule has 22 heavy (non-hydrogen) atoms. The fraction of sp³-hybridized carbons (Fsp3) is 0.571. The maximum atomic E-state index is 11.1. The van der Waals surface area contributed by atoms with Gasteiger partial charge in [0.15, 0.2) is 0 Å². The van der Waals surface area contributed by atoms with Gasteiger partial charge in [-0.3, -0.25) is 0 Å². The fourth-order valence-corrected chi connectivity index (χ4v) is 3.19. The van der Waals surface area contributed by atoms with Crippen molar-refractivity contribution >= 4 is 23.2 Å². The molecule has 0 saturated heterocycles. The van der Waals surface area contributed by atoms with Crippen LogP contribution in [0.15, 0.2) is 35.4 Å². The van der Waals surface area contributed by atoms with Gasteiger partial charge in [-0.15, -0.1) is 11.6 Å². The molecule has 1 aromatic rings. The van der Waals surface area contributed by atoms with Crippen molar-refractivity contribution in [3.05, 3.63) is 35.4 Å². The van der Waals surface area contributed by atoms with E-state index in [9.17, 15) is 15.3 Å². The molecule has 0 bridgehead atoms. The Morgan fingerprint density at radius 2 is 2.14 bits per heavy atom. The van der Waals surface area contributed by atoms with Crippen LogP contribution in [-0.4, -0.2) is 52.8 Å². The molecule has 1 aromatic heterocycles. The molecule has 1 heterocycles. The van der Waals surface area contributed by atoms with Gasteiger partial charge in [-0.1, -0.05) is 23.8 Å². The minimum Gasteiger partial charge on any atom is -0.386 e. The lowest BCUT2D eigenvalue weighted by atomic mass is 9.86. The second-order valence-corrected chi connectivity index (χ2v) is 7.07. The largest absolute Gasteiger partial charge is 0.386 e. The molecule has 0 radical (unpaired) electrons. The predicted molar refractivity (Wildman–Crippen MR) is 81.4 cm³/mol. The molecule has 120 valence electrons. The maximum Gasteiger partial charge on any atom is 0.137 e. The SMILES string of the molecule is OC1C=CC(CC(O)(Cn2cncn2)C2(Cl)CC2)=C(Cl)C1O. The van der Waals surface area contributed by atoms with Crippen LogP contribution in [0.25, 0.3) is 0 Å². The summed E-state index contributed by atoms with van der Waals surface area (Å²) in [5.74, 6) is 0. The number of aromatic nitrogens is 3. The van der Waals surface area contributed by atoms with Gasteiger partial charge in [-0.25, -0.2) is 9.67 Å². The summed E-state index contributed by atoms with van der Waals surface area (Å²) in [5.41, 5.74) is -0.710. The van der Waals surface area contributed by atoms with E-state index in [-0.39, 0.29) is 18.0 Å². The first-order chi connectivity index (χ1) is 10.3. The van der Waals surface area contributed by atoms with Crippen LogP contribution in [-0.2, 0) is 6.54 Å². The van der Waals surface area contributed by atoms with Crippen LogP contribution in [0.2, 0.25) is 0 Å². The van der Waals surface area contributed by atoms with Crippen molar-refractivity contribution in [3.63, 3.8) is 0 Å². The average Bonchev–Trinajstić information content (AvgIpc) is 3.04. The first-order valence-electron chi connectivity index (χ1n) is 7.01. The van der Waals surface area contributed by atoms with Gasteiger partial charge in [0, 0.05) is 6.42 Å². The number of allylic oxidation sites excluding steroid dienone is 1. The van der Waals surface area contributed by atoms with E-state index in [1.807, 2.05) is 0 Å². The molecule has 2 aliphatic carbocycles. The minimum absolute atomic E-state index is 0.132. The number of hydrogen-bond donors (Lipinski definition) is 3. The van der Waals surface area contributed by atoms with E-state index in [0.717, 1.165) is 0 Å². The Balaban J connectivity index is 1.87. The zero-order valence-electron chi connectivity index (χ0n) is 11.7. The van der Waals surface area contributed by atoms with Crippen LogP contribution in [0.4, 0.5) is 0 Å². The highest BCUT2D eigenvalue weighted by Gasteiger charge is 2.58. The smallest absolute Gasteiger partial charge is 0.137 e. The average molecular weight is 346 g/mol. The number of nitrogens with zero attached hydrogens (tertiary/aromatic N) is 3. The Labute approximate surface area is 137 Å². The van der Waals surface area contributed by atoms with E-state index in [2.05, 4.69) is 10.1 Å². The highest BCUT2D eigenvalue weighted by Crippen LogP contribution is 2.54. The molecular weight excluding hydrogens is 329 g/mol. The monoisotopic (exact) mass is 345 g/mol. The van der Waals surface area contributed by atoms with Crippen LogP contribution < -0.4 is 0 Å². The van der Waals surface area contributed by atoms with E-state index in [1.54, 1.807) is 6.08 Å². The number of rotatable bonds is 5. The van der Waals surface area contributed by atoms with Crippen molar-refractivity contribution in [1.29, 1.82) is 0 Å². The van der Waals surface area contributed by atoms with E-state index in [4.69, 9.17) is 23.2 Å². The number of alkyl halides is 1. The number of hydrogen-bond acceptors (Lipinski definition) is 5. The topological polar surface area (TPSA) is 91.4 Å². The van der Waals surface area contributed by atoms with E-state index in [1.165, 1.54) is 23.4 Å². The van der Waals surface area contributed by atoms with Crippen LogP contribution >= 0.6 is 23.2 Å². The number of aliphatic hydroxyl groups excluding tert-OH is 2. The second kappa shape index (κ2) is 5.62. The molecule has 3 atom stereocenters. The van der Waals surface area contributed by atoms with Crippen molar-refractivity contribution in [1.82, 2.24) is 14.8 Å². The standard InChI is InChI=1S/C14H17Cl2N3O3/c15-11-9(1-2-10(20)12(11)21)5-14(22,13(16)3-4-13)6-19-8-17-7-18-19/h1-2,7-8,10,12,20-22H,3-6H2. The van der Waals surface area contributed by atoms with Gasteiger partial charge in [0.1, 0.15) is 30.5 Å². The van der Waals surface area contributed by atoms with Crippen molar-refractivity contribution in [2.24, 2.45) is 0 Å². The Morgan fingerprint density at radius 1 is 1.41 bits per heavy atom. The highest BCUT2D eigenvalue weighted by molar-refractivity contribution is 6.31. The third-order valence-corrected chi connectivity index (χ3v) is 5.48. The first-order valence-corrected chi connectivity index (χ1v) is 7.77. The van der Waals surface area contributed by atoms with Gasteiger partial charge in [-0.05, 0) is 18.4 Å². The summed E-state index contributed by atoms with van der Waals surface area (Å²) >= 11 is 12.6. The molecule has 1 saturated carbocycles. The molecule has 6 nitrogen and oxygen atoms in total. The van der Waals surface area contributed by atoms with Crippen molar-refractivity contribution < 1.29 is 15.3 Å². The van der Waals surface area contributed by atoms with Gasteiger partial charge in [0.25, 0.3) is 0 Å². The molecule has 1 fully saturated rings. The molecule has 3 unspecified atom stereocenters. The van der Waals surface area contributed by atoms with Gasteiger partial charge in [-0.2, -0.15) is 5.10 Å². The van der Waals surface area contributed by atoms with Crippen molar-refractivity contribution in [3.8, 4) is 0 Å². The van der Waals surface area contributed by atoms with E-state index in [0.29, 0.717) is 18.4 Å². The fourth-order valence-electron chi connectivity index (χ4n) is 2.71. The lowest BCUT2D eigenvalue weighted by Crippen LogP contribution is -2.46. The molecule has 0 aromatic carbocycles. The number of halogens is 2. The predicted octanol–water partition coefficient (Wildman–Crippen LogP) is 0.955. The molecule has 0 amide bonds. The second-order valence-electron chi connectivity index (χ2n) is 5.93. The van der Waals surface area contributed by atoms with Gasteiger partial charge >= 0.3 is 0 Å². The summed E-state index contributed by atoms with van der Waals surface area (Å²) in [6, 6.07) is 0. The third-order valence-electron chi connectivity index (χ3n) is 4.28. The third kappa shape index (κ3) is 2.81. The van der Waals surface area contributed by atoms with E-state index < -0.39 is 22.7 Å². The Kier molecular flexibility index (Phi) is 4.07. The summed E-state index contributed by atoms with van der Waals surface area (Å²) in [6.07, 6.45) is 5.31. The summed E-state index contributed by atoms with van der Waals surface area (Å²) in [5, 5.41) is 34.7. The Morgan fingerprint density at radius 3 is 2.73 bits per heavy atom. The lowest BCUT2D eigenvalue weighted by Gasteiger charge is -2.34. The molecule has 0 aliphatic heterocycles. The van der Waals surface area contributed by atoms with Crippen molar-refractivity contribution in [2.45, 2.75) is 48.5 Å². The minimum atomic E-state index is -1.27. The van der Waals surface area contributed by atoms with Crippen LogP contribution in [0.5, 0.6) is 0 Å². The molecule has 3 rings (SSSR count). The quantitative estimate of drug-likeness (QED) is 0.691. The summed E-state index contributed by atoms with van der Waals surface area (Å²) < 4.78 is 1.52. The summed E-state index contributed by atoms with van der Waals surface area (Å²) in [7, 11) is 0. The molecular formula is C14H17Cl2N3O3. The summed E-state index contributed by atoms with van der Waals surface area (Å²) in [4.78, 5) is 3.13.